The zero-order valence-electron chi connectivity index (χ0n) is 9.34. The van der Waals surface area contributed by atoms with Crippen LogP contribution in [0.15, 0.2) is 0 Å². The Morgan fingerprint density at radius 2 is 2.08 bits per heavy atom. The second kappa shape index (κ2) is 5.61. The van der Waals surface area contributed by atoms with Crippen molar-refractivity contribution in [3.05, 3.63) is 0 Å². The zero-order valence-corrected chi connectivity index (χ0v) is 9.34. The lowest BCUT2D eigenvalue weighted by Gasteiger charge is -2.37. The van der Waals surface area contributed by atoms with Gasteiger partial charge in [-0.05, 0) is 26.8 Å². The van der Waals surface area contributed by atoms with Crippen molar-refractivity contribution < 1.29 is 0 Å². The van der Waals surface area contributed by atoms with E-state index < -0.39 is 0 Å². The van der Waals surface area contributed by atoms with Gasteiger partial charge in [0.2, 0.25) is 0 Å². The quantitative estimate of drug-likeness (QED) is 0.671. The van der Waals surface area contributed by atoms with Crippen molar-refractivity contribution in [1.29, 1.82) is 0 Å². The average molecular weight is 184 g/mol. The Morgan fingerprint density at radius 3 is 2.77 bits per heavy atom. The molecule has 0 radical (unpaired) electrons. The predicted octanol–water partition coefficient (Wildman–Crippen LogP) is 1.86. The van der Waals surface area contributed by atoms with E-state index >= 15 is 0 Å². The molecule has 0 saturated carbocycles. The summed E-state index contributed by atoms with van der Waals surface area (Å²) in [6.45, 7) is 10.5. The number of piperazine rings is 1. The van der Waals surface area contributed by atoms with Gasteiger partial charge in [-0.1, -0.05) is 19.8 Å². The van der Waals surface area contributed by atoms with E-state index in [-0.39, 0.29) is 0 Å². The second-order valence-electron chi connectivity index (χ2n) is 4.36. The Hall–Kier alpha value is -0.0800. The molecule has 1 fully saturated rings. The fourth-order valence-electron chi connectivity index (χ4n) is 1.97. The van der Waals surface area contributed by atoms with Gasteiger partial charge < -0.3 is 5.32 Å². The molecule has 0 aromatic carbocycles. The monoisotopic (exact) mass is 184 g/mol. The molecule has 1 N–H and O–H groups in total. The van der Waals surface area contributed by atoms with E-state index in [1.807, 2.05) is 0 Å². The molecule has 1 aliphatic rings. The molecule has 2 heteroatoms. The van der Waals surface area contributed by atoms with Crippen LogP contribution >= 0.6 is 0 Å². The maximum absolute atomic E-state index is 3.51. The fraction of sp³-hybridized carbons (Fsp3) is 1.00. The van der Waals surface area contributed by atoms with Crippen LogP contribution in [0.3, 0.4) is 0 Å². The summed E-state index contributed by atoms with van der Waals surface area (Å²) in [5.74, 6) is 0. The molecule has 0 spiro atoms. The van der Waals surface area contributed by atoms with E-state index in [2.05, 4.69) is 31.0 Å². The topological polar surface area (TPSA) is 15.3 Å². The van der Waals surface area contributed by atoms with Crippen molar-refractivity contribution in [2.75, 3.05) is 19.6 Å². The number of rotatable bonds is 4. The fourth-order valence-corrected chi connectivity index (χ4v) is 1.97. The smallest absolute Gasteiger partial charge is 0.0193 e. The molecule has 78 valence electrons. The first kappa shape index (κ1) is 11.0. The lowest BCUT2D eigenvalue weighted by atomic mass is 10.1. The highest BCUT2D eigenvalue weighted by Crippen LogP contribution is 2.08. The second-order valence-corrected chi connectivity index (χ2v) is 4.36. The highest BCUT2D eigenvalue weighted by Gasteiger charge is 2.20. The van der Waals surface area contributed by atoms with E-state index in [9.17, 15) is 0 Å². The third-order valence-electron chi connectivity index (χ3n) is 2.94. The largest absolute Gasteiger partial charge is 0.311 e. The van der Waals surface area contributed by atoms with Gasteiger partial charge >= 0.3 is 0 Å². The molecule has 2 nitrogen and oxygen atoms in total. The lowest BCUT2D eigenvalue weighted by molar-refractivity contribution is 0.144. The maximum Gasteiger partial charge on any atom is 0.0193 e. The molecule has 0 aliphatic carbocycles. The van der Waals surface area contributed by atoms with Crippen molar-refractivity contribution in [2.45, 2.75) is 52.1 Å². The van der Waals surface area contributed by atoms with Gasteiger partial charge in [-0.3, -0.25) is 4.90 Å². The standard InChI is InChI=1S/C11H24N2/c1-4-5-6-7-13-9-10(2)12-8-11(13)3/h10-12H,4-9H2,1-3H3. The van der Waals surface area contributed by atoms with Gasteiger partial charge in [0.1, 0.15) is 0 Å². The van der Waals surface area contributed by atoms with Crippen LogP contribution in [-0.2, 0) is 0 Å². The van der Waals surface area contributed by atoms with Crippen LogP contribution in [0.4, 0.5) is 0 Å². The van der Waals surface area contributed by atoms with Gasteiger partial charge in [-0.2, -0.15) is 0 Å². The number of hydrogen-bond donors (Lipinski definition) is 1. The molecule has 0 amide bonds. The van der Waals surface area contributed by atoms with Crippen LogP contribution in [0.25, 0.3) is 0 Å². The van der Waals surface area contributed by atoms with Crippen LogP contribution in [0.5, 0.6) is 0 Å². The van der Waals surface area contributed by atoms with E-state index in [1.54, 1.807) is 0 Å². The molecule has 0 aromatic heterocycles. The Balaban J connectivity index is 2.21. The summed E-state index contributed by atoms with van der Waals surface area (Å²) in [4.78, 5) is 2.62. The van der Waals surface area contributed by atoms with Crippen molar-refractivity contribution >= 4 is 0 Å². The van der Waals surface area contributed by atoms with E-state index in [0.717, 1.165) is 12.6 Å². The molecule has 2 unspecified atom stereocenters. The summed E-state index contributed by atoms with van der Waals surface area (Å²) in [7, 11) is 0. The third kappa shape index (κ3) is 3.65. The van der Waals surface area contributed by atoms with Crippen molar-refractivity contribution in [3.63, 3.8) is 0 Å². The normalized spacial score (nSPS) is 30.7. The van der Waals surface area contributed by atoms with Gasteiger partial charge in [0.25, 0.3) is 0 Å². The number of nitrogens with one attached hydrogen (secondary N) is 1. The summed E-state index contributed by atoms with van der Waals surface area (Å²) < 4.78 is 0. The van der Waals surface area contributed by atoms with Gasteiger partial charge in [0, 0.05) is 25.2 Å². The summed E-state index contributed by atoms with van der Waals surface area (Å²) in [5.41, 5.74) is 0. The average Bonchev–Trinajstić information content (AvgIpc) is 2.11. The molecule has 1 heterocycles. The van der Waals surface area contributed by atoms with Gasteiger partial charge in [0.15, 0.2) is 0 Å². The summed E-state index contributed by atoms with van der Waals surface area (Å²) in [5, 5.41) is 3.51. The molecular formula is C11H24N2. The van der Waals surface area contributed by atoms with Crippen molar-refractivity contribution in [2.24, 2.45) is 0 Å². The highest BCUT2D eigenvalue weighted by molar-refractivity contribution is 4.80. The van der Waals surface area contributed by atoms with Gasteiger partial charge in [-0.25, -0.2) is 0 Å². The van der Waals surface area contributed by atoms with Crippen molar-refractivity contribution in [3.8, 4) is 0 Å². The zero-order chi connectivity index (χ0) is 9.68. The minimum atomic E-state index is 0.679. The highest BCUT2D eigenvalue weighted by atomic mass is 15.2. The molecule has 1 saturated heterocycles. The first-order valence-corrected chi connectivity index (χ1v) is 5.71. The van der Waals surface area contributed by atoms with Crippen LogP contribution in [0.1, 0.15) is 40.0 Å². The molecule has 0 bridgehead atoms. The molecule has 1 aliphatic heterocycles. The molecule has 13 heavy (non-hydrogen) atoms. The summed E-state index contributed by atoms with van der Waals surface area (Å²) >= 11 is 0. The van der Waals surface area contributed by atoms with Crippen LogP contribution in [0, 0.1) is 0 Å². The maximum atomic E-state index is 3.51. The lowest BCUT2D eigenvalue weighted by Crippen LogP contribution is -2.54. The third-order valence-corrected chi connectivity index (χ3v) is 2.94. The molecule has 1 rings (SSSR count). The molecule has 0 aromatic rings. The number of hydrogen-bond acceptors (Lipinski definition) is 2. The predicted molar refractivity (Wildman–Crippen MR) is 58.0 cm³/mol. The molecular weight excluding hydrogens is 160 g/mol. The number of nitrogens with zero attached hydrogens (tertiary/aromatic N) is 1. The summed E-state index contributed by atoms with van der Waals surface area (Å²) in [6, 6.07) is 1.41. The van der Waals surface area contributed by atoms with Crippen LogP contribution in [0.2, 0.25) is 0 Å². The van der Waals surface area contributed by atoms with Crippen LogP contribution in [-0.4, -0.2) is 36.6 Å². The summed E-state index contributed by atoms with van der Waals surface area (Å²) in [6.07, 6.45) is 4.08. The Kier molecular flexibility index (Phi) is 4.74. The van der Waals surface area contributed by atoms with E-state index in [4.69, 9.17) is 0 Å². The molecule has 2 atom stereocenters. The van der Waals surface area contributed by atoms with Crippen molar-refractivity contribution in [1.82, 2.24) is 10.2 Å². The van der Waals surface area contributed by atoms with Crippen LogP contribution < -0.4 is 5.32 Å². The first-order valence-electron chi connectivity index (χ1n) is 5.71. The Morgan fingerprint density at radius 1 is 1.31 bits per heavy atom. The Labute approximate surface area is 82.7 Å². The van der Waals surface area contributed by atoms with Gasteiger partial charge in [0.05, 0.1) is 0 Å². The number of unbranched alkanes of at least 4 members (excludes halogenated alkanes) is 2. The van der Waals surface area contributed by atoms with E-state index in [1.165, 1.54) is 32.4 Å². The Bertz CT molecular complexity index is 136. The first-order chi connectivity index (χ1) is 6.24. The van der Waals surface area contributed by atoms with Gasteiger partial charge in [-0.15, -0.1) is 0 Å². The SMILES string of the molecule is CCCCCN1CC(C)NCC1C. The van der Waals surface area contributed by atoms with E-state index in [0.29, 0.717) is 6.04 Å². The minimum absolute atomic E-state index is 0.679. The minimum Gasteiger partial charge on any atom is -0.311 e.